The van der Waals surface area contributed by atoms with Crippen LogP contribution in [0.1, 0.15) is 59.3 Å². The zero-order valence-electron chi connectivity index (χ0n) is 16.5. The second kappa shape index (κ2) is 7.99. The second-order valence-electron chi connectivity index (χ2n) is 8.93. The number of rotatable bonds is 6. The highest BCUT2D eigenvalue weighted by molar-refractivity contribution is 5.83. The van der Waals surface area contributed by atoms with Gasteiger partial charge in [0.25, 0.3) is 0 Å². The van der Waals surface area contributed by atoms with E-state index >= 15 is 0 Å². The number of nitrogens with zero attached hydrogens (tertiary/aromatic N) is 1. The van der Waals surface area contributed by atoms with Crippen LogP contribution in [-0.2, 0) is 9.53 Å². The Morgan fingerprint density at radius 1 is 1.23 bits per heavy atom. The van der Waals surface area contributed by atoms with Gasteiger partial charge in [0.2, 0.25) is 5.91 Å². The number of hydrogen-bond donors (Lipinski definition) is 2. The third kappa shape index (κ3) is 4.78. The summed E-state index contributed by atoms with van der Waals surface area (Å²) < 4.78 is 5.42. The Morgan fingerprint density at radius 3 is 2.27 bits per heavy atom. The predicted octanol–water partition coefficient (Wildman–Crippen LogP) is 2.86. The molecule has 0 atom stereocenters. The lowest BCUT2D eigenvalue weighted by Gasteiger charge is -2.43. The maximum atomic E-state index is 12.6. The number of ether oxygens (including phenoxy) is 1. The third-order valence-corrected chi connectivity index (χ3v) is 5.76. The first-order chi connectivity index (χ1) is 12.2. The Labute approximate surface area is 157 Å². The lowest BCUT2D eigenvalue weighted by atomic mass is 9.66. The first-order valence-electron chi connectivity index (χ1n) is 9.63. The molecule has 2 fully saturated rings. The molecule has 26 heavy (non-hydrogen) atoms. The van der Waals surface area contributed by atoms with E-state index in [1.54, 1.807) is 4.90 Å². The predicted molar refractivity (Wildman–Crippen MR) is 101 cm³/mol. The van der Waals surface area contributed by atoms with Crippen molar-refractivity contribution in [2.24, 2.45) is 10.8 Å². The van der Waals surface area contributed by atoms with Gasteiger partial charge in [0.15, 0.2) is 0 Å². The third-order valence-electron chi connectivity index (χ3n) is 5.76. The fourth-order valence-electron chi connectivity index (χ4n) is 3.74. The van der Waals surface area contributed by atoms with Crippen molar-refractivity contribution in [1.82, 2.24) is 10.2 Å². The van der Waals surface area contributed by atoms with Crippen molar-refractivity contribution in [2.45, 2.75) is 64.9 Å². The van der Waals surface area contributed by atoms with E-state index in [-0.39, 0.29) is 29.4 Å². The van der Waals surface area contributed by atoms with Gasteiger partial charge in [-0.15, -0.1) is 6.58 Å². The van der Waals surface area contributed by atoms with E-state index in [0.29, 0.717) is 38.9 Å². The molecule has 0 radical (unpaired) electrons. The number of piperidine rings is 1. The fourth-order valence-corrected chi connectivity index (χ4v) is 3.74. The number of aliphatic hydroxyl groups is 1. The molecular weight excluding hydrogens is 332 g/mol. The quantitative estimate of drug-likeness (QED) is 0.709. The zero-order valence-corrected chi connectivity index (χ0v) is 16.5. The van der Waals surface area contributed by atoms with Crippen LogP contribution in [0.5, 0.6) is 0 Å². The van der Waals surface area contributed by atoms with Crippen LogP contribution in [0.25, 0.3) is 0 Å². The smallest absolute Gasteiger partial charge is 0.410 e. The molecule has 1 aliphatic carbocycles. The van der Waals surface area contributed by atoms with Crippen LogP contribution in [0.2, 0.25) is 0 Å². The lowest BCUT2D eigenvalue weighted by Crippen LogP contribution is -2.53. The molecule has 0 unspecified atom stereocenters. The molecule has 2 amide bonds. The number of hydrogen-bond acceptors (Lipinski definition) is 4. The summed E-state index contributed by atoms with van der Waals surface area (Å²) in [6.07, 6.45) is 6.41. The van der Waals surface area contributed by atoms with E-state index in [9.17, 15) is 14.7 Å². The number of aliphatic hydroxyl groups excluding tert-OH is 1. The summed E-state index contributed by atoms with van der Waals surface area (Å²) in [5.41, 5.74) is -1.18. The number of carbonyl (C=O) groups is 2. The van der Waals surface area contributed by atoms with Crippen molar-refractivity contribution in [3.8, 4) is 0 Å². The molecule has 2 N–H and O–H groups in total. The van der Waals surface area contributed by atoms with Crippen LogP contribution < -0.4 is 5.32 Å². The summed E-state index contributed by atoms with van der Waals surface area (Å²) in [5, 5.41) is 13.0. The van der Waals surface area contributed by atoms with Gasteiger partial charge in [-0.25, -0.2) is 4.79 Å². The highest BCUT2D eigenvalue weighted by atomic mass is 16.6. The molecule has 0 aromatic heterocycles. The monoisotopic (exact) mass is 366 g/mol. The van der Waals surface area contributed by atoms with Gasteiger partial charge in [-0.3, -0.25) is 4.79 Å². The van der Waals surface area contributed by atoms with Crippen molar-refractivity contribution in [3.05, 3.63) is 12.7 Å². The van der Waals surface area contributed by atoms with Crippen molar-refractivity contribution >= 4 is 12.0 Å². The molecule has 0 aromatic rings. The van der Waals surface area contributed by atoms with Gasteiger partial charge < -0.3 is 20.1 Å². The van der Waals surface area contributed by atoms with Gasteiger partial charge in [0.05, 0.1) is 12.0 Å². The van der Waals surface area contributed by atoms with Crippen LogP contribution in [0.4, 0.5) is 4.79 Å². The number of likely N-dealkylation sites (tertiary alicyclic amines) is 1. The summed E-state index contributed by atoms with van der Waals surface area (Å²) >= 11 is 0. The SMILES string of the molecule is C=CCC1(C(=O)NCC2(CO)CCN(C(=O)OC(C)(C)C)CC2)CCC1. The number of carbonyl (C=O) groups excluding carboxylic acids is 2. The summed E-state index contributed by atoms with van der Waals surface area (Å²) in [4.78, 5) is 26.5. The molecule has 0 bridgehead atoms. The average molecular weight is 367 g/mol. The second-order valence-corrected chi connectivity index (χ2v) is 8.93. The van der Waals surface area contributed by atoms with Gasteiger partial charge >= 0.3 is 6.09 Å². The molecule has 6 nitrogen and oxygen atoms in total. The Kier molecular flexibility index (Phi) is 6.37. The maximum absolute atomic E-state index is 12.6. The average Bonchev–Trinajstić information content (AvgIpc) is 2.55. The molecule has 0 aromatic carbocycles. The topological polar surface area (TPSA) is 78.9 Å². The molecule has 1 saturated heterocycles. The molecule has 2 rings (SSSR count). The number of amides is 2. The van der Waals surface area contributed by atoms with Crippen molar-refractivity contribution < 1.29 is 19.4 Å². The number of allylic oxidation sites excluding steroid dienone is 1. The Balaban J connectivity index is 1.88. The zero-order chi connectivity index (χ0) is 19.4. The number of nitrogens with one attached hydrogen (secondary N) is 1. The highest BCUT2D eigenvalue weighted by Gasteiger charge is 2.44. The maximum Gasteiger partial charge on any atom is 0.410 e. The van der Waals surface area contributed by atoms with E-state index in [4.69, 9.17) is 4.74 Å². The van der Waals surface area contributed by atoms with Crippen molar-refractivity contribution in [3.63, 3.8) is 0 Å². The van der Waals surface area contributed by atoms with Gasteiger partial charge in [-0.05, 0) is 52.9 Å². The first-order valence-corrected chi connectivity index (χ1v) is 9.63. The molecule has 148 valence electrons. The van der Waals surface area contributed by atoms with Crippen LogP contribution >= 0.6 is 0 Å². The van der Waals surface area contributed by atoms with Gasteiger partial charge in [0.1, 0.15) is 5.60 Å². The summed E-state index contributed by atoms with van der Waals surface area (Å²) in [7, 11) is 0. The molecule has 1 saturated carbocycles. The van der Waals surface area contributed by atoms with Crippen LogP contribution in [0, 0.1) is 10.8 Å². The molecule has 1 aliphatic heterocycles. The van der Waals surface area contributed by atoms with Crippen LogP contribution in [0.3, 0.4) is 0 Å². The first kappa shape index (κ1) is 20.7. The van der Waals surface area contributed by atoms with Gasteiger partial charge in [-0.1, -0.05) is 12.5 Å². The minimum atomic E-state index is -0.515. The summed E-state index contributed by atoms with van der Waals surface area (Å²) in [5.74, 6) is 0.0750. The van der Waals surface area contributed by atoms with E-state index in [2.05, 4.69) is 11.9 Å². The van der Waals surface area contributed by atoms with Crippen molar-refractivity contribution in [2.75, 3.05) is 26.2 Å². The fraction of sp³-hybridized carbons (Fsp3) is 0.800. The van der Waals surface area contributed by atoms with Crippen molar-refractivity contribution in [1.29, 1.82) is 0 Å². The van der Waals surface area contributed by atoms with Crippen LogP contribution in [-0.4, -0.2) is 53.8 Å². The summed E-state index contributed by atoms with van der Waals surface area (Å²) in [6, 6.07) is 0. The summed E-state index contributed by atoms with van der Waals surface area (Å²) in [6.45, 7) is 10.8. The minimum absolute atomic E-state index is 0.00387. The largest absolute Gasteiger partial charge is 0.444 e. The Bertz CT molecular complexity index is 526. The molecule has 0 spiro atoms. The highest BCUT2D eigenvalue weighted by Crippen LogP contribution is 2.44. The minimum Gasteiger partial charge on any atom is -0.444 e. The Morgan fingerprint density at radius 2 is 1.85 bits per heavy atom. The normalized spacial score (nSPS) is 21.5. The van der Waals surface area contributed by atoms with E-state index in [1.165, 1.54) is 0 Å². The van der Waals surface area contributed by atoms with E-state index < -0.39 is 5.60 Å². The molecule has 6 heteroatoms. The molecule has 1 heterocycles. The van der Waals surface area contributed by atoms with Gasteiger partial charge in [0, 0.05) is 25.0 Å². The van der Waals surface area contributed by atoms with Gasteiger partial charge in [-0.2, -0.15) is 0 Å². The van der Waals surface area contributed by atoms with Crippen LogP contribution in [0.15, 0.2) is 12.7 Å². The lowest BCUT2D eigenvalue weighted by molar-refractivity contribution is -0.136. The van der Waals surface area contributed by atoms with E-state index in [0.717, 1.165) is 19.3 Å². The standard InChI is InChI=1S/C20H34N2O4/c1-5-7-20(8-6-9-20)16(24)21-14-19(15-23)10-12-22(13-11-19)17(25)26-18(2,3)4/h5,23H,1,6-15H2,2-4H3,(H,21,24). The molecule has 2 aliphatic rings. The Hall–Kier alpha value is -1.56. The van der Waals surface area contributed by atoms with E-state index in [1.807, 2.05) is 26.8 Å². The molecular formula is C20H34N2O4.